The van der Waals surface area contributed by atoms with Gasteiger partial charge in [-0.2, -0.15) is 5.10 Å². The van der Waals surface area contributed by atoms with E-state index in [0.717, 1.165) is 54.3 Å². The summed E-state index contributed by atoms with van der Waals surface area (Å²) in [4.78, 5) is 28.7. The zero-order chi connectivity index (χ0) is 23.1. The van der Waals surface area contributed by atoms with Gasteiger partial charge in [-0.15, -0.1) is 0 Å². The molecule has 1 aliphatic heterocycles. The number of benzene rings is 1. The molecule has 0 radical (unpaired) electrons. The van der Waals surface area contributed by atoms with Crippen molar-refractivity contribution in [2.45, 2.75) is 64.5 Å². The molecule has 1 aromatic carbocycles. The first kappa shape index (κ1) is 21.9. The topological polar surface area (TPSA) is 88.9 Å². The molecule has 2 N–H and O–H groups in total. The Morgan fingerprint density at radius 3 is 2.85 bits per heavy atom. The lowest BCUT2D eigenvalue weighted by atomic mass is 9.85. The van der Waals surface area contributed by atoms with Crippen LogP contribution in [0.1, 0.15) is 57.6 Å². The molecule has 3 atom stereocenters. The van der Waals surface area contributed by atoms with Gasteiger partial charge in [0.15, 0.2) is 0 Å². The fourth-order valence-electron chi connectivity index (χ4n) is 5.26. The summed E-state index contributed by atoms with van der Waals surface area (Å²) >= 11 is 6.52. The molecule has 3 aromatic rings. The summed E-state index contributed by atoms with van der Waals surface area (Å²) in [5.74, 6) is 0.689. The summed E-state index contributed by atoms with van der Waals surface area (Å²) < 4.78 is 2.11. The minimum atomic E-state index is -0.149. The van der Waals surface area contributed by atoms with Gasteiger partial charge in [0.05, 0.1) is 10.5 Å². The van der Waals surface area contributed by atoms with Crippen LogP contribution in [0.2, 0.25) is 5.02 Å². The van der Waals surface area contributed by atoms with Gasteiger partial charge in [-0.25, -0.2) is 4.98 Å². The van der Waals surface area contributed by atoms with Gasteiger partial charge in [-0.3, -0.25) is 14.3 Å². The lowest BCUT2D eigenvalue weighted by Gasteiger charge is -2.28. The van der Waals surface area contributed by atoms with Gasteiger partial charge in [0.2, 0.25) is 11.8 Å². The first-order valence-corrected chi connectivity index (χ1v) is 12.0. The van der Waals surface area contributed by atoms with Crippen molar-refractivity contribution in [2.75, 3.05) is 5.32 Å². The van der Waals surface area contributed by atoms with Gasteiger partial charge >= 0.3 is 0 Å². The summed E-state index contributed by atoms with van der Waals surface area (Å²) in [6, 6.07) is 8.07. The summed E-state index contributed by atoms with van der Waals surface area (Å²) in [5.41, 5.74) is 4.07. The van der Waals surface area contributed by atoms with E-state index in [-0.39, 0.29) is 23.8 Å². The third-order valence-corrected chi connectivity index (χ3v) is 7.19. The van der Waals surface area contributed by atoms with Crippen LogP contribution < -0.4 is 10.6 Å². The van der Waals surface area contributed by atoms with E-state index in [1.54, 1.807) is 6.20 Å². The van der Waals surface area contributed by atoms with Crippen LogP contribution in [0.15, 0.2) is 30.5 Å². The zero-order valence-corrected chi connectivity index (χ0v) is 19.7. The van der Waals surface area contributed by atoms with Crippen LogP contribution in [0.5, 0.6) is 0 Å². The predicted molar refractivity (Wildman–Crippen MR) is 129 cm³/mol. The maximum atomic E-state index is 12.9. The van der Waals surface area contributed by atoms with E-state index < -0.39 is 0 Å². The van der Waals surface area contributed by atoms with E-state index in [1.807, 2.05) is 18.2 Å². The van der Waals surface area contributed by atoms with Crippen molar-refractivity contribution in [3.63, 3.8) is 0 Å². The van der Waals surface area contributed by atoms with Crippen LogP contribution in [0, 0.1) is 5.92 Å². The molecule has 1 fully saturated rings. The molecule has 2 aliphatic rings. The van der Waals surface area contributed by atoms with Crippen LogP contribution in [0.4, 0.5) is 5.82 Å². The van der Waals surface area contributed by atoms with Crippen molar-refractivity contribution < 1.29 is 9.59 Å². The average Bonchev–Trinajstić information content (AvgIpc) is 3.33. The summed E-state index contributed by atoms with van der Waals surface area (Å²) in [6.07, 6.45) is 5.97. The smallest absolute Gasteiger partial charge is 0.228 e. The average molecular weight is 466 g/mol. The standard InChI is InChI=1S/C25H28ClN5O2/c1-14-8-9-31-24(14)20-11-16(6-7-22(20)30-31)19-12-23(27-13-21(19)26)29-25(33)17-4-3-5-18(10-17)28-15(2)32/h6-7,11-14,17-18H,3-5,8-10H2,1-2H3,(H,28,32)(H,27,29,33)/t14?,17-,18+/m0/s1. The number of nitrogens with zero attached hydrogens (tertiary/aromatic N) is 3. The highest BCUT2D eigenvalue weighted by Crippen LogP contribution is 2.37. The second-order valence-electron chi connectivity index (χ2n) is 9.33. The van der Waals surface area contributed by atoms with E-state index >= 15 is 0 Å². The molecule has 0 bridgehead atoms. The molecule has 0 saturated heterocycles. The molecule has 2 amide bonds. The maximum Gasteiger partial charge on any atom is 0.228 e. The number of carbonyl (C=O) groups is 2. The Morgan fingerprint density at radius 1 is 1.18 bits per heavy atom. The Balaban J connectivity index is 1.38. The van der Waals surface area contributed by atoms with E-state index in [1.165, 1.54) is 12.6 Å². The summed E-state index contributed by atoms with van der Waals surface area (Å²) in [6.45, 7) is 4.71. The second-order valence-corrected chi connectivity index (χ2v) is 9.74. The number of aryl methyl sites for hydroxylation is 1. The van der Waals surface area contributed by atoms with E-state index in [4.69, 9.17) is 16.7 Å². The van der Waals surface area contributed by atoms with E-state index in [9.17, 15) is 9.59 Å². The maximum absolute atomic E-state index is 12.9. The molecular weight excluding hydrogens is 438 g/mol. The van der Waals surface area contributed by atoms with Crippen LogP contribution in [0.25, 0.3) is 22.0 Å². The van der Waals surface area contributed by atoms with Gasteiger partial charge in [-0.1, -0.05) is 31.0 Å². The highest BCUT2D eigenvalue weighted by molar-refractivity contribution is 6.33. The van der Waals surface area contributed by atoms with Crippen LogP contribution in [-0.2, 0) is 16.1 Å². The third-order valence-electron chi connectivity index (χ3n) is 6.89. The van der Waals surface area contributed by atoms with Crippen molar-refractivity contribution in [3.05, 3.63) is 41.2 Å². The molecule has 8 heteroatoms. The highest BCUT2D eigenvalue weighted by Gasteiger charge is 2.28. The molecule has 33 heavy (non-hydrogen) atoms. The number of halogens is 1. The molecule has 7 nitrogen and oxygen atoms in total. The van der Waals surface area contributed by atoms with Gasteiger partial charge < -0.3 is 10.6 Å². The summed E-state index contributed by atoms with van der Waals surface area (Å²) in [7, 11) is 0. The molecule has 5 rings (SSSR count). The van der Waals surface area contributed by atoms with E-state index in [0.29, 0.717) is 23.2 Å². The Hall–Kier alpha value is -2.93. The number of pyridine rings is 1. The first-order chi connectivity index (χ1) is 15.9. The Bertz CT molecular complexity index is 1240. The SMILES string of the molecule is CC(=O)N[C@@H]1CCC[C@H](C(=O)Nc2cc(-c3ccc4nn5c(c4c3)C(C)CC5)c(Cl)cn2)C1. The number of fused-ring (bicyclic) bond motifs is 3. The normalized spacial score (nSPS) is 22.2. The molecule has 0 spiro atoms. The molecular formula is C25H28ClN5O2. The van der Waals surface area contributed by atoms with Crippen LogP contribution in [-0.4, -0.2) is 32.6 Å². The number of nitrogens with one attached hydrogen (secondary N) is 2. The van der Waals surface area contributed by atoms with Gasteiger partial charge in [-0.05, 0) is 49.4 Å². The number of amides is 2. The largest absolute Gasteiger partial charge is 0.354 e. The molecule has 2 aromatic heterocycles. The Kier molecular flexibility index (Phi) is 5.83. The number of carbonyl (C=O) groups excluding carboxylic acids is 2. The second kappa shape index (κ2) is 8.78. The monoisotopic (exact) mass is 465 g/mol. The number of aromatic nitrogens is 3. The number of anilines is 1. The predicted octanol–water partition coefficient (Wildman–Crippen LogP) is 4.89. The lowest BCUT2D eigenvalue weighted by molar-refractivity contribution is -0.123. The fraction of sp³-hybridized carbons (Fsp3) is 0.440. The van der Waals surface area contributed by atoms with Gasteiger partial charge in [0, 0.05) is 54.2 Å². The van der Waals surface area contributed by atoms with Crippen molar-refractivity contribution in [1.82, 2.24) is 20.1 Å². The van der Waals surface area contributed by atoms with Crippen molar-refractivity contribution in [3.8, 4) is 11.1 Å². The van der Waals surface area contributed by atoms with Crippen molar-refractivity contribution in [1.29, 1.82) is 0 Å². The quantitative estimate of drug-likeness (QED) is 0.574. The van der Waals surface area contributed by atoms with Crippen molar-refractivity contribution in [2.24, 2.45) is 5.92 Å². The molecule has 1 unspecified atom stereocenters. The van der Waals surface area contributed by atoms with Crippen LogP contribution in [0.3, 0.4) is 0 Å². The zero-order valence-electron chi connectivity index (χ0n) is 18.9. The molecule has 1 aliphatic carbocycles. The van der Waals surface area contributed by atoms with Gasteiger partial charge in [0.25, 0.3) is 0 Å². The molecule has 3 heterocycles. The number of rotatable bonds is 4. The third kappa shape index (κ3) is 4.34. The highest BCUT2D eigenvalue weighted by atomic mass is 35.5. The van der Waals surface area contributed by atoms with Gasteiger partial charge in [0.1, 0.15) is 5.82 Å². The fourth-order valence-corrected chi connectivity index (χ4v) is 5.48. The Labute approximate surface area is 197 Å². The minimum Gasteiger partial charge on any atom is -0.354 e. The van der Waals surface area contributed by atoms with Crippen molar-refractivity contribution >= 4 is 40.1 Å². The summed E-state index contributed by atoms with van der Waals surface area (Å²) in [5, 5.41) is 12.3. The molecule has 172 valence electrons. The minimum absolute atomic E-state index is 0.0487. The first-order valence-electron chi connectivity index (χ1n) is 11.6. The van der Waals surface area contributed by atoms with E-state index in [2.05, 4.69) is 33.3 Å². The number of hydrogen-bond acceptors (Lipinski definition) is 4. The Morgan fingerprint density at radius 2 is 2.03 bits per heavy atom. The number of hydrogen-bond donors (Lipinski definition) is 2. The lowest BCUT2D eigenvalue weighted by Crippen LogP contribution is -2.40. The molecule has 1 saturated carbocycles. The van der Waals surface area contributed by atoms with Crippen LogP contribution >= 0.6 is 11.6 Å².